The third kappa shape index (κ3) is 8.42. The average Bonchev–Trinajstić information content (AvgIpc) is 1.36. The standard InChI is InChI=1S/C2H2Cl4.Ca.2H/c3-1(4)2(5)6;;;/h1-2H;;;/q;+2;2*-1. The van der Waals surface area contributed by atoms with Crippen LogP contribution in [-0.2, 0) is 0 Å². The van der Waals surface area contributed by atoms with Crippen LogP contribution in [0.2, 0.25) is 0 Å². The van der Waals surface area contributed by atoms with Crippen molar-refractivity contribution in [2.45, 2.75) is 9.67 Å². The summed E-state index contributed by atoms with van der Waals surface area (Å²) in [5.41, 5.74) is 0. The van der Waals surface area contributed by atoms with Gasteiger partial charge in [0.2, 0.25) is 0 Å². The minimum absolute atomic E-state index is 0. The van der Waals surface area contributed by atoms with Crippen molar-refractivity contribution in [2.75, 3.05) is 0 Å². The number of rotatable bonds is 1. The van der Waals surface area contributed by atoms with Crippen LogP contribution in [0.1, 0.15) is 2.85 Å². The van der Waals surface area contributed by atoms with E-state index >= 15 is 0 Å². The van der Waals surface area contributed by atoms with Crippen molar-refractivity contribution in [1.29, 1.82) is 0 Å². The van der Waals surface area contributed by atoms with Crippen LogP contribution >= 0.6 is 46.4 Å². The van der Waals surface area contributed by atoms with E-state index in [1.807, 2.05) is 0 Å². The molecule has 0 aliphatic rings. The molecule has 0 aromatic carbocycles. The predicted octanol–water partition coefficient (Wildman–Crippen LogP) is 2.44. The van der Waals surface area contributed by atoms with Gasteiger partial charge in [-0.3, -0.25) is 0 Å². The summed E-state index contributed by atoms with van der Waals surface area (Å²) in [5.74, 6) is 0. The molecule has 0 saturated carbocycles. The molecule has 0 N–H and O–H groups in total. The Balaban J connectivity index is -0.0000000417. The van der Waals surface area contributed by atoms with Crippen molar-refractivity contribution in [3.63, 3.8) is 0 Å². The monoisotopic (exact) mass is 208 g/mol. The van der Waals surface area contributed by atoms with Gasteiger partial charge in [0.1, 0.15) is 9.67 Å². The minimum Gasteiger partial charge on any atom is -1.00 e. The fraction of sp³-hybridized carbons (Fsp3) is 1.00. The van der Waals surface area contributed by atoms with Crippen LogP contribution in [0.4, 0.5) is 0 Å². The zero-order chi connectivity index (χ0) is 5.15. The van der Waals surface area contributed by atoms with E-state index in [4.69, 9.17) is 46.4 Å². The number of hydrogen-bond donors (Lipinski definition) is 0. The zero-order valence-corrected chi connectivity index (χ0v) is 8.61. The molecule has 0 aromatic heterocycles. The Morgan fingerprint density at radius 2 is 1.00 bits per heavy atom. The van der Waals surface area contributed by atoms with Crippen LogP contribution in [0.15, 0.2) is 0 Å². The zero-order valence-electron chi connectivity index (χ0n) is 5.37. The molecule has 0 fully saturated rings. The molecule has 0 spiro atoms. The van der Waals surface area contributed by atoms with Crippen LogP contribution in [0.25, 0.3) is 0 Å². The molecule has 42 valence electrons. The van der Waals surface area contributed by atoms with Gasteiger partial charge in [0.05, 0.1) is 0 Å². The summed E-state index contributed by atoms with van der Waals surface area (Å²) in [6.07, 6.45) is 0. The molecule has 0 rings (SSSR count). The summed E-state index contributed by atoms with van der Waals surface area (Å²) in [5, 5.41) is 0. The second kappa shape index (κ2) is 6.54. The summed E-state index contributed by atoms with van der Waals surface area (Å²) < 4.78 is 0. The molecule has 0 heterocycles. The molecule has 0 radical (unpaired) electrons. The molecule has 7 heavy (non-hydrogen) atoms. The Hall–Kier alpha value is 2.42. The van der Waals surface area contributed by atoms with Gasteiger partial charge in [-0.15, -0.1) is 46.4 Å². The summed E-state index contributed by atoms with van der Waals surface area (Å²) in [7, 11) is 0. The summed E-state index contributed by atoms with van der Waals surface area (Å²) in [6.45, 7) is 0. The van der Waals surface area contributed by atoms with E-state index in [1.54, 1.807) is 0 Å². The summed E-state index contributed by atoms with van der Waals surface area (Å²) in [4.78, 5) is -1.35. The number of halogens is 4. The molecule has 5 heteroatoms. The van der Waals surface area contributed by atoms with E-state index in [0.717, 1.165) is 0 Å². The maximum absolute atomic E-state index is 5.11. The first-order valence-corrected chi connectivity index (χ1v) is 2.95. The van der Waals surface area contributed by atoms with Gasteiger partial charge in [-0.25, -0.2) is 0 Å². The molecule has 0 saturated heterocycles. The van der Waals surface area contributed by atoms with Crippen molar-refractivity contribution in [3.8, 4) is 0 Å². The van der Waals surface area contributed by atoms with E-state index in [2.05, 4.69) is 0 Å². The molecule has 0 aromatic rings. The Kier molecular flexibility index (Phi) is 11.3. The van der Waals surface area contributed by atoms with Crippen molar-refractivity contribution >= 4 is 84.1 Å². The van der Waals surface area contributed by atoms with Gasteiger partial charge >= 0.3 is 37.7 Å². The molecule has 0 bridgehead atoms. The fourth-order valence-corrected chi connectivity index (χ4v) is 0. The normalized spacial score (nSPS) is 9.43. The molecule has 0 aliphatic carbocycles. The second-order valence-corrected chi connectivity index (χ2v) is 3.00. The van der Waals surface area contributed by atoms with Gasteiger partial charge in [-0.05, 0) is 0 Å². The average molecular weight is 210 g/mol. The summed E-state index contributed by atoms with van der Waals surface area (Å²) in [6, 6.07) is 0. The van der Waals surface area contributed by atoms with Crippen LogP contribution in [0, 0.1) is 0 Å². The first kappa shape index (κ1) is 12.1. The maximum Gasteiger partial charge on any atom is 2.00 e. The Morgan fingerprint density at radius 3 is 1.00 bits per heavy atom. The van der Waals surface area contributed by atoms with Gasteiger partial charge in [-0.2, -0.15) is 0 Å². The third-order valence-electron chi connectivity index (χ3n) is 0.190. The van der Waals surface area contributed by atoms with E-state index in [1.165, 1.54) is 0 Å². The van der Waals surface area contributed by atoms with E-state index < -0.39 is 9.67 Å². The Labute approximate surface area is 95.4 Å². The van der Waals surface area contributed by atoms with Crippen LogP contribution in [0.3, 0.4) is 0 Å². The van der Waals surface area contributed by atoms with Gasteiger partial charge in [0.25, 0.3) is 0 Å². The van der Waals surface area contributed by atoms with E-state index in [9.17, 15) is 0 Å². The van der Waals surface area contributed by atoms with E-state index in [0.29, 0.717) is 0 Å². The molecular formula is C2H4CaCl4. The molecule has 0 atom stereocenters. The first-order valence-electron chi connectivity index (χ1n) is 1.21. The quantitative estimate of drug-likeness (QED) is 0.460. The van der Waals surface area contributed by atoms with Gasteiger partial charge in [-0.1, -0.05) is 0 Å². The van der Waals surface area contributed by atoms with Crippen LogP contribution < -0.4 is 0 Å². The Bertz CT molecular complexity index is 37.5. The SMILES string of the molecule is ClC(Cl)C(Cl)Cl.[Ca+2].[H-].[H-]. The number of alkyl halides is 4. The second-order valence-electron chi connectivity index (χ2n) is 0.669. The predicted molar refractivity (Wildman–Crippen MR) is 39.0 cm³/mol. The maximum atomic E-state index is 5.11. The van der Waals surface area contributed by atoms with Crippen LogP contribution in [-0.4, -0.2) is 47.4 Å². The van der Waals surface area contributed by atoms with Crippen molar-refractivity contribution in [2.24, 2.45) is 0 Å². The van der Waals surface area contributed by atoms with E-state index in [-0.39, 0.29) is 40.6 Å². The topological polar surface area (TPSA) is 0 Å². The molecule has 0 unspecified atom stereocenters. The Morgan fingerprint density at radius 1 is 0.857 bits per heavy atom. The van der Waals surface area contributed by atoms with Gasteiger partial charge in [0.15, 0.2) is 0 Å². The number of hydrogen-bond acceptors (Lipinski definition) is 0. The first-order chi connectivity index (χ1) is 2.64. The largest absolute Gasteiger partial charge is 2.00 e. The van der Waals surface area contributed by atoms with Crippen molar-refractivity contribution in [3.05, 3.63) is 0 Å². The molecule has 0 nitrogen and oxygen atoms in total. The molecular weight excluding hydrogens is 206 g/mol. The van der Waals surface area contributed by atoms with Crippen LogP contribution in [0.5, 0.6) is 0 Å². The third-order valence-corrected chi connectivity index (χ3v) is 1.71. The molecule has 0 aliphatic heterocycles. The fourth-order valence-electron chi connectivity index (χ4n) is 0. The summed E-state index contributed by atoms with van der Waals surface area (Å²) >= 11 is 20.5. The van der Waals surface area contributed by atoms with Gasteiger partial charge < -0.3 is 2.85 Å². The van der Waals surface area contributed by atoms with Crippen molar-refractivity contribution in [1.82, 2.24) is 0 Å². The van der Waals surface area contributed by atoms with Gasteiger partial charge in [0, 0.05) is 0 Å². The minimum atomic E-state index is -0.673. The molecule has 0 amide bonds. The smallest absolute Gasteiger partial charge is 1.00 e. The van der Waals surface area contributed by atoms with Crippen molar-refractivity contribution < 1.29 is 2.85 Å².